The summed E-state index contributed by atoms with van der Waals surface area (Å²) >= 11 is 1.61. The highest BCUT2D eigenvalue weighted by Crippen LogP contribution is 2.34. The van der Waals surface area contributed by atoms with Gasteiger partial charge in [0.2, 0.25) is 11.8 Å². The molecule has 25 heavy (non-hydrogen) atoms. The van der Waals surface area contributed by atoms with Gasteiger partial charge in [0.1, 0.15) is 0 Å². The quantitative estimate of drug-likeness (QED) is 0.660. The molecule has 0 radical (unpaired) electrons. The Morgan fingerprint density at radius 2 is 2.00 bits per heavy atom. The molecule has 1 aliphatic rings. The Bertz CT molecular complexity index is 667. The molecule has 1 fully saturated rings. The number of anilines is 1. The molecule has 3 heterocycles. The predicted octanol–water partition coefficient (Wildman–Crippen LogP) is 2.71. The van der Waals surface area contributed by atoms with E-state index in [4.69, 9.17) is 9.26 Å². The number of hydrogen-bond donors (Lipinski definition) is 0. The molecule has 1 aliphatic heterocycles. The van der Waals surface area contributed by atoms with Crippen molar-refractivity contribution >= 4 is 17.7 Å². The third-order valence-corrected chi connectivity index (χ3v) is 5.24. The zero-order valence-corrected chi connectivity index (χ0v) is 16.0. The number of aromatic nitrogens is 5. The molecule has 2 aromatic heterocycles. The molecule has 0 bridgehead atoms. The number of hydrogen-bond acceptors (Lipinski definition) is 8. The van der Waals surface area contributed by atoms with E-state index in [-0.39, 0.29) is 5.25 Å². The van der Waals surface area contributed by atoms with E-state index >= 15 is 0 Å². The molecule has 1 unspecified atom stereocenters. The lowest BCUT2D eigenvalue weighted by Crippen LogP contribution is -2.38. The second-order valence-corrected chi connectivity index (χ2v) is 7.35. The van der Waals surface area contributed by atoms with Crippen LogP contribution in [0.2, 0.25) is 0 Å². The topological polar surface area (TPSA) is 82.1 Å². The minimum Gasteiger partial charge on any atom is -0.378 e. The molecule has 138 valence electrons. The van der Waals surface area contributed by atoms with Crippen LogP contribution in [0.5, 0.6) is 0 Å². The van der Waals surface area contributed by atoms with Crippen LogP contribution in [0.4, 0.5) is 5.95 Å². The SMILES string of the molecule is CCCCc1noc(C(C)Sc2nnc(N3CCOCC3)n2CC)n1. The first-order valence-corrected chi connectivity index (χ1v) is 9.85. The number of nitrogens with zero attached hydrogens (tertiary/aromatic N) is 6. The van der Waals surface area contributed by atoms with Gasteiger partial charge in [0.05, 0.1) is 18.5 Å². The van der Waals surface area contributed by atoms with Crippen LogP contribution in [-0.2, 0) is 17.7 Å². The van der Waals surface area contributed by atoms with Crippen molar-refractivity contribution in [1.82, 2.24) is 24.9 Å². The van der Waals surface area contributed by atoms with Gasteiger partial charge in [0.15, 0.2) is 11.0 Å². The van der Waals surface area contributed by atoms with Crippen molar-refractivity contribution in [2.24, 2.45) is 0 Å². The molecular formula is C16H26N6O2S. The molecule has 9 heteroatoms. The number of unbranched alkanes of at least 4 members (excludes halogenated alkanes) is 1. The lowest BCUT2D eigenvalue weighted by Gasteiger charge is -2.27. The average molecular weight is 366 g/mol. The Morgan fingerprint density at radius 1 is 1.20 bits per heavy atom. The van der Waals surface area contributed by atoms with Gasteiger partial charge in [0.25, 0.3) is 0 Å². The van der Waals surface area contributed by atoms with Gasteiger partial charge in [-0.05, 0) is 20.3 Å². The minimum atomic E-state index is 0.0370. The average Bonchev–Trinajstić information content (AvgIpc) is 3.27. The van der Waals surface area contributed by atoms with Gasteiger partial charge in [-0.15, -0.1) is 10.2 Å². The number of ether oxygens (including phenoxy) is 1. The monoisotopic (exact) mass is 366 g/mol. The smallest absolute Gasteiger partial charge is 0.239 e. The van der Waals surface area contributed by atoms with Crippen molar-refractivity contribution in [3.63, 3.8) is 0 Å². The first-order valence-electron chi connectivity index (χ1n) is 8.98. The summed E-state index contributed by atoms with van der Waals surface area (Å²) in [4.78, 5) is 6.74. The normalized spacial score (nSPS) is 16.4. The fraction of sp³-hybridized carbons (Fsp3) is 0.750. The predicted molar refractivity (Wildman–Crippen MR) is 95.9 cm³/mol. The standard InChI is InChI=1S/C16H26N6O2S/c1-4-6-7-13-17-14(24-20-13)12(3)25-16-19-18-15(22(16)5-2)21-8-10-23-11-9-21/h12H,4-11H2,1-3H3. The van der Waals surface area contributed by atoms with E-state index in [9.17, 15) is 0 Å². The molecule has 0 aromatic carbocycles. The first-order chi connectivity index (χ1) is 12.2. The van der Waals surface area contributed by atoms with Crippen LogP contribution in [-0.4, -0.2) is 51.2 Å². The number of thioether (sulfide) groups is 1. The molecule has 1 atom stereocenters. The summed E-state index contributed by atoms with van der Waals surface area (Å²) in [6.07, 6.45) is 3.06. The zero-order chi connectivity index (χ0) is 17.6. The maximum atomic E-state index is 5.43. The zero-order valence-electron chi connectivity index (χ0n) is 15.1. The van der Waals surface area contributed by atoms with Crippen molar-refractivity contribution < 1.29 is 9.26 Å². The van der Waals surface area contributed by atoms with Crippen LogP contribution in [0.3, 0.4) is 0 Å². The number of aryl methyl sites for hydroxylation is 1. The molecule has 0 saturated carbocycles. The molecule has 2 aromatic rings. The highest BCUT2D eigenvalue weighted by atomic mass is 32.2. The Kier molecular flexibility index (Phi) is 6.30. The largest absolute Gasteiger partial charge is 0.378 e. The third-order valence-electron chi connectivity index (χ3n) is 4.18. The van der Waals surface area contributed by atoms with Gasteiger partial charge in [-0.1, -0.05) is 30.3 Å². The van der Waals surface area contributed by atoms with Crippen LogP contribution < -0.4 is 4.90 Å². The highest BCUT2D eigenvalue weighted by molar-refractivity contribution is 7.99. The fourth-order valence-corrected chi connectivity index (χ4v) is 3.66. The lowest BCUT2D eigenvalue weighted by atomic mass is 10.2. The maximum absolute atomic E-state index is 5.43. The molecule has 0 N–H and O–H groups in total. The van der Waals surface area contributed by atoms with Gasteiger partial charge >= 0.3 is 0 Å². The van der Waals surface area contributed by atoms with Gasteiger partial charge in [-0.2, -0.15) is 4.98 Å². The van der Waals surface area contributed by atoms with Crippen molar-refractivity contribution in [3.05, 3.63) is 11.7 Å². The van der Waals surface area contributed by atoms with E-state index in [1.54, 1.807) is 11.8 Å². The molecule has 1 saturated heterocycles. The van der Waals surface area contributed by atoms with Crippen molar-refractivity contribution in [2.75, 3.05) is 31.2 Å². The van der Waals surface area contributed by atoms with Crippen molar-refractivity contribution in [1.29, 1.82) is 0 Å². The van der Waals surface area contributed by atoms with E-state index < -0.39 is 0 Å². The second-order valence-electron chi connectivity index (χ2n) is 6.04. The number of morpholine rings is 1. The van der Waals surface area contributed by atoms with Crippen molar-refractivity contribution in [3.8, 4) is 0 Å². The Balaban J connectivity index is 1.69. The van der Waals surface area contributed by atoms with Crippen LogP contribution in [0.25, 0.3) is 0 Å². The highest BCUT2D eigenvalue weighted by Gasteiger charge is 2.23. The molecule has 3 rings (SSSR count). The Morgan fingerprint density at radius 3 is 2.72 bits per heavy atom. The molecule has 0 spiro atoms. The minimum absolute atomic E-state index is 0.0370. The number of rotatable bonds is 8. The van der Waals surface area contributed by atoms with E-state index in [1.165, 1.54) is 0 Å². The Labute approximate surface area is 152 Å². The first kappa shape index (κ1) is 18.2. The second kappa shape index (κ2) is 8.66. The van der Waals surface area contributed by atoms with E-state index in [0.717, 1.165) is 69.0 Å². The Hall–Kier alpha value is -1.61. The summed E-state index contributed by atoms with van der Waals surface area (Å²) in [6.45, 7) is 10.3. The van der Waals surface area contributed by atoms with E-state index in [1.807, 2.05) is 0 Å². The van der Waals surface area contributed by atoms with Crippen LogP contribution in [0.15, 0.2) is 9.68 Å². The van der Waals surface area contributed by atoms with Crippen molar-refractivity contribution in [2.45, 2.75) is 57.0 Å². The van der Waals surface area contributed by atoms with Crippen LogP contribution in [0.1, 0.15) is 50.6 Å². The fourth-order valence-electron chi connectivity index (χ4n) is 2.72. The van der Waals surface area contributed by atoms with Crippen LogP contribution in [0, 0.1) is 0 Å². The summed E-state index contributed by atoms with van der Waals surface area (Å²) in [5, 5.41) is 13.8. The summed E-state index contributed by atoms with van der Waals surface area (Å²) in [5.41, 5.74) is 0. The van der Waals surface area contributed by atoms with Gasteiger partial charge in [-0.25, -0.2) is 0 Å². The summed E-state index contributed by atoms with van der Waals surface area (Å²) in [7, 11) is 0. The molecule has 0 amide bonds. The third kappa shape index (κ3) is 4.33. The van der Waals surface area contributed by atoms with Gasteiger partial charge < -0.3 is 14.2 Å². The van der Waals surface area contributed by atoms with Gasteiger partial charge in [0, 0.05) is 26.1 Å². The summed E-state index contributed by atoms with van der Waals surface area (Å²) in [5.74, 6) is 2.35. The summed E-state index contributed by atoms with van der Waals surface area (Å²) in [6, 6.07) is 0. The van der Waals surface area contributed by atoms with E-state index in [2.05, 4.69) is 50.6 Å². The molecule has 8 nitrogen and oxygen atoms in total. The van der Waals surface area contributed by atoms with Gasteiger partial charge in [-0.3, -0.25) is 4.57 Å². The van der Waals surface area contributed by atoms with Crippen LogP contribution >= 0.6 is 11.8 Å². The molecule has 0 aliphatic carbocycles. The lowest BCUT2D eigenvalue weighted by molar-refractivity contribution is 0.121. The van der Waals surface area contributed by atoms with E-state index in [0.29, 0.717) is 5.89 Å². The maximum Gasteiger partial charge on any atom is 0.239 e. The molecular weight excluding hydrogens is 340 g/mol. The summed E-state index contributed by atoms with van der Waals surface area (Å²) < 4.78 is 13.0.